The van der Waals surface area contributed by atoms with Gasteiger partial charge in [0.25, 0.3) is 0 Å². The molecule has 1 unspecified atom stereocenters. The maximum atomic E-state index is 12.8. The Hall–Kier alpha value is -1.14. The molecule has 1 N–H and O–H groups in total. The molecule has 0 heterocycles. The third kappa shape index (κ3) is 7.45. The highest BCUT2D eigenvalue weighted by atomic mass is 35.5. The minimum absolute atomic E-state index is 0.279. The first-order chi connectivity index (χ1) is 9.29. The molecular weight excluding hydrogens is 298 g/mol. The molecule has 1 atom stereocenters. The van der Waals surface area contributed by atoms with Crippen molar-refractivity contribution < 1.29 is 22.4 Å². The summed E-state index contributed by atoms with van der Waals surface area (Å²) in [7, 11) is 0. The molecule has 1 rings (SSSR count). The molecule has 1 aromatic rings. The van der Waals surface area contributed by atoms with E-state index in [-0.39, 0.29) is 5.56 Å². The van der Waals surface area contributed by atoms with Crippen LogP contribution in [0, 0.1) is 0 Å². The molecule has 0 saturated heterocycles. The Morgan fingerprint density at radius 3 is 2.15 bits per heavy atom. The van der Waals surface area contributed by atoms with Crippen LogP contribution in [0.15, 0.2) is 24.3 Å². The van der Waals surface area contributed by atoms with Crippen LogP contribution in [0.2, 0.25) is 5.02 Å². The lowest BCUT2D eigenvalue weighted by Gasteiger charge is -2.14. The zero-order chi connectivity index (χ0) is 15.8. The number of hydrogen-bond acceptors (Lipinski definition) is 2. The first-order valence-corrected chi connectivity index (χ1v) is 6.39. The largest absolute Gasteiger partial charge is 0.401 e. The second-order valence-electron chi connectivity index (χ2n) is 3.65. The third-order valence-corrected chi connectivity index (χ3v) is 2.47. The predicted molar refractivity (Wildman–Crippen MR) is 70.6 cm³/mol. The summed E-state index contributed by atoms with van der Waals surface area (Å²) in [6.45, 7) is 2.31. The topological polar surface area (TPSA) is 29.1 Å². The van der Waals surface area contributed by atoms with E-state index < -0.39 is 31.2 Å². The summed E-state index contributed by atoms with van der Waals surface area (Å²) >= 11 is 5.62. The fraction of sp³-hybridized carbons (Fsp3) is 0.462. The van der Waals surface area contributed by atoms with Gasteiger partial charge in [-0.15, -0.1) is 0 Å². The van der Waals surface area contributed by atoms with Crippen molar-refractivity contribution in [3.63, 3.8) is 0 Å². The van der Waals surface area contributed by atoms with E-state index in [4.69, 9.17) is 11.6 Å². The molecule has 2 nitrogen and oxygen atoms in total. The van der Waals surface area contributed by atoms with Gasteiger partial charge in [-0.2, -0.15) is 17.6 Å². The summed E-state index contributed by atoms with van der Waals surface area (Å²) in [4.78, 5) is 10.8. The van der Waals surface area contributed by atoms with Gasteiger partial charge in [0, 0.05) is 11.6 Å². The van der Waals surface area contributed by atoms with E-state index in [1.54, 1.807) is 0 Å². The Bertz CT molecular complexity index is 406. The maximum absolute atomic E-state index is 12.8. The van der Waals surface area contributed by atoms with Gasteiger partial charge in [-0.05, 0) is 17.7 Å². The second-order valence-corrected chi connectivity index (χ2v) is 4.09. The Morgan fingerprint density at radius 1 is 1.25 bits per heavy atom. The average molecular weight is 314 g/mol. The van der Waals surface area contributed by atoms with Crippen molar-refractivity contribution in [1.29, 1.82) is 0 Å². The summed E-state index contributed by atoms with van der Waals surface area (Å²) in [6.07, 6.45) is -4.40. The van der Waals surface area contributed by atoms with Gasteiger partial charge in [0.2, 0.25) is 0 Å². The predicted octanol–water partition coefficient (Wildman–Crippen LogP) is 4.10. The highest BCUT2D eigenvalue weighted by Gasteiger charge is 2.28. The minimum Gasteiger partial charge on any atom is -0.308 e. The first-order valence-electron chi connectivity index (χ1n) is 6.02. The second kappa shape index (κ2) is 8.92. The van der Waals surface area contributed by atoms with Gasteiger partial charge in [0.1, 0.15) is 0 Å². The Morgan fingerprint density at radius 2 is 1.75 bits per heavy atom. The van der Waals surface area contributed by atoms with Gasteiger partial charge >= 0.3 is 12.2 Å². The van der Waals surface area contributed by atoms with Gasteiger partial charge in [0.15, 0.2) is 0 Å². The van der Waals surface area contributed by atoms with Gasteiger partial charge in [-0.25, -0.2) is 0 Å². The molecule has 0 spiro atoms. The van der Waals surface area contributed by atoms with Gasteiger partial charge < -0.3 is 5.32 Å². The molecule has 114 valence electrons. The van der Waals surface area contributed by atoms with Crippen molar-refractivity contribution >= 4 is 17.6 Å². The molecule has 7 heteroatoms. The van der Waals surface area contributed by atoms with Crippen LogP contribution in [0.5, 0.6) is 0 Å². The molecule has 0 bridgehead atoms. The highest BCUT2D eigenvalue weighted by Crippen LogP contribution is 2.20. The lowest BCUT2D eigenvalue weighted by molar-refractivity contribution is -0.133. The van der Waals surface area contributed by atoms with Gasteiger partial charge in [-0.3, -0.25) is 4.79 Å². The Balaban J connectivity index is 0.00000172. The van der Waals surface area contributed by atoms with Crippen molar-refractivity contribution in [2.45, 2.75) is 25.9 Å². The van der Waals surface area contributed by atoms with Crippen LogP contribution in [-0.4, -0.2) is 25.3 Å². The summed E-state index contributed by atoms with van der Waals surface area (Å²) in [5.74, 6) is -1.26. The molecule has 0 fully saturated rings. The molecule has 20 heavy (non-hydrogen) atoms. The van der Waals surface area contributed by atoms with Crippen molar-refractivity contribution in [2.75, 3.05) is 13.1 Å². The monoisotopic (exact) mass is 313 g/mol. The van der Waals surface area contributed by atoms with Crippen molar-refractivity contribution in [3.8, 4) is 0 Å². The van der Waals surface area contributed by atoms with Crippen molar-refractivity contribution in [3.05, 3.63) is 34.9 Å². The molecule has 0 aliphatic carbocycles. The Labute approximate surface area is 120 Å². The van der Waals surface area contributed by atoms with Crippen molar-refractivity contribution in [1.82, 2.24) is 5.32 Å². The number of halogens is 5. The normalized spacial score (nSPS) is 12.3. The number of alkyl halides is 3. The van der Waals surface area contributed by atoms with E-state index >= 15 is 0 Å². The molecule has 0 radical (unpaired) electrons. The van der Waals surface area contributed by atoms with Crippen LogP contribution in [-0.2, 0) is 4.79 Å². The minimum atomic E-state index is -4.40. The highest BCUT2D eigenvalue weighted by molar-refractivity contribution is 6.30. The standard InChI is InChI=1S/C11H10ClF4NO.C2H6/c12-8-3-1-7(2-4-8)9(10(13)18)5-17-6-11(14,15)16;1-2/h1-4,9,17H,5-6H2;1-2H3. The molecule has 1 aromatic carbocycles. The van der Waals surface area contributed by atoms with Crippen LogP contribution < -0.4 is 5.32 Å². The third-order valence-electron chi connectivity index (χ3n) is 2.22. The molecule has 0 saturated carbocycles. The fourth-order valence-corrected chi connectivity index (χ4v) is 1.51. The molecule has 0 amide bonds. The average Bonchev–Trinajstić information content (AvgIpc) is 2.37. The SMILES string of the molecule is CC.O=C(F)C(CNCC(F)(F)F)c1ccc(Cl)cc1. The van der Waals surface area contributed by atoms with Crippen molar-refractivity contribution in [2.24, 2.45) is 0 Å². The number of carbonyl (C=O) groups is 1. The van der Waals surface area contributed by atoms with E-state index in [1.165, 1.54) is 24.3 Å². The van der Waals surface area contributed by atoms with Crippen LogP contribution in [0.3, 0.4) is 0 Å². The number of rotatable bonds is 5. The number of benzene rings is 1. The molecule has 0 aromatic heterocycles. The molecular formula is C13H16ClF4NO. The maximum Gasteiger partial charge on any atom is 0.401 e. The van der Waals surface area contributed by atoms with E-state index in [0.29, 0.717) is 5.02 Å². The van der Waals surface area contributed by atoms with E-state index in [2.05, 4.69) is 0 Å². The number of hydrogen-bond donors (Lipinski definition) is 1. The summed E-state index contributed by atoms with van der Waals surface area (Å²) in [5, 5.41) is 2.40. The van der Waals surface area contributed by atoms with E-state index in [9.17, 15) is 22.4 Å². The number of carbonyl (C=O) groups excluding carboxylic acids is 1. The van der Waals surface area contributed by atoms with Crippen LogP contribution >= 0.6 is 11.6 Å². The quantitative estimate of drug-likeness (QED) is 0.655. The lowest BCUT2D eigenvalue weighted by Crippen LogP contribution is -2.33. The smallest absolute Gasteiger partial charge is 0.308 e. The van der Waals surface area contributed by atoms with Gasteiger partial charge in [0.05, 0.1) is 12.5 Å². The Kier molecular flexibility index (Phi) is 8.41. The van der Waals surface area contributed by atoms with Crippen LogP contribution in [0.25, 0.3) is 0 Å². The zero-order valence-corrected chi connectivity index (χ0v) is 11.9. The number of nitrogens with one attached hydrogen (secondary N) is 1. The summed E-state index contributed by atoms with van der Waals surface area (Å²) in [6, 6.07) is 4.00. The lowest BCUT2D eigenvalue weighted by atomic mass is 10.00. The molecule has 0 aliphatic rings. The summed E-state index contributed by atoms with van der Waals surface area (Å²) < 4.78 is 48.5. The van der Waals surface area contributed by atoms with Crippen LogP contribution in [0.4, 0.5) is 17.6 Å². The van der Waals surface area contributed by atoms with E-state index in [1.807, 2.05) is 19.2 Å². The van der Waals surface area contributed by atoms with Gasteiger partial charge in [-0.1, -0.05) is 37.6 Å². The van der Waals surface area contributed by atoms with E-state index in [0.717, 1.165) is 0 Å². The zero-order valence-electron chi connectivity index (χ0n) is 11.1. The fourth-order valence-electron chi connectivity index (χ4n) is 1.38. The van der Waals surface area contributed by atoms with Crippen LogP contribution in [0.1, 0.15) is 25.3 Å². The first kappa shape index (κ1) is 18.9. The molecule has 0 aliphatic heterocycles. The summed E-state index contributed by atoms with van der Waals surface area (Å²) in [5.41, 5.74) is 0.279.